The highest BCUT2D eigenvalue weighted by atomic mass is 19.4. The van der Waals surface area contributed by atoms with Gasteiger partial charge in [0.25, 0.3) is 0 Å². The van der Waals surface area contributed by atoms with Crippen LogP contribution in [0.5, 0.6) is 0 Å². The first-order valence-electron chi connectivity index (χ1n) is 13.7. The third-order valence-corrected chi connectivity index (χ3v) is 9.01. The van der Waals surface area contributed by atoms with E-state index in [9.17, 15) is 22.8 Å². The largest absolute Gasteiger partial charge is 0.416 e. The Balaban J connectivity index is 1.19. The third kappa shape index (κ3) is 4.93. The first kappa shape index (κ1) is 25.9. The van der Waals surface area contributed by atoms with E-state index in [0.717, 1.165) is 41.2 Å². The van der Waals surface area contributed by atoms with Gasteiger partial charge in [0.2, 0.25) is 11.8 Å². The van der Waals surface area contributed by atoms with E-state index in [2.05, 4.69) is 22.1 Å². The fourth-order valence-electron chi connectivity index (χ4n) is 6.96. The van der Waals surface area contributed by atoms with Crippen LogP contribution in [0.4, 0.5) is 13.2 Å². The molecule has 3 unspecified atom stereocenters. The van der Waals surface area contributed by atoms with Crippen molar-refractivity contribution in [1.82, 2.24) is 20.1 Å². The number of carbonyl (C=O) groups excluding carboxylic acids is 2. The van der Waals surface area contributed by atoms with Crippen LogP contribution in [0.3, 0.4) is 0 Å². The zero-order valence-corrected chi connectivity index (χ0v) is 21.9. The number of nitrogens with zero attached hydrogens (tertiary/aromatic N) is 2. The minimum absolute atomic E-state index is 0.0131. The molecule has 2 amide bonds. The molecule has 6 nitrogen and oxygen atoms in total. The van der Waals surface area contributed by atoms with Gasteiger partial charge < -0.3 is 15.2 Å². The Morgan fingerprint density at radius 3 is 2.67 bits per heavy atom. The first-order valence-corrected chi connectivity index (χ1v) is 13.7. The van der Waals surface area contributed by atoms with Crippen LogP contribution in [0.25, 0.3) is 10.9 Å². The van der Waals surface area contributed by atoms with E-state index in [4.69, 9.17) is 0 Å². The maximum atomic E-state index is 13.5. The van der Waals surface area contributed by atoms with Crippen LogP contribution in [0.1, 0.15) is 48.1 Å². The number of piperazine rings is 1. The minimum Gasteiger partial charge on any atom is -0.358 e. The van der Waals surface area contributed by atoms with Gasteiger partial charge in [-0.05, 0) is 59.9 Å². The molecule has 1 aliphatic carbocycles. The lowest BCUT2D eigenvalue weighted by Crippen LogP contribution is -2.57. The second-order valence-electron chi connectivity index (χ2n) is 11.3. The molecule has 6 rings (SSSR count). The number of aromatic nitrogens is 1. The number of nitrogens with one attached hydrogen (secondary N) is 2. The zero-order chi connectivity index (χ0) is 27.3. The number of fused-ring (bicyclic) bond motifs is 4. The van der Waals surface area contributed by atoms with Crippen LogP contribution < -0.4 is 5.32 Å². The summed E-state index contributed by atoms with van der Waals surface area (Å²) in [4.78, 5) is 33.7. The second-order valence-corrected chi connectivity index (χ2v) is 11.3. The lowest BCUT2D eigenvalue weighted by molar-refractivity contribution is -0.141. The summed E-state index contributed by atoms with van der Waals surface area (Å²) in [6.07, 6.45) is -2.66. The maximum absolute atomic E-state index is 13.5. The number of H-pyrrole nitrogens is 1. The highest BCUT2D eigenvalue weighted by Gasteiger charge is 2.42. The molecule has 3 aromatic rings. The molecular formula is C30H33F3N4O2. The van der Waals surface area contributed by atoms with Crippen molar-refractivity contribution in [3.8, 4) is 0 Å². The van der Waals surface area contributed by atoms with Crippen molar-refractivity contribution in [3.63, 3.8) is 0 Å². The predicted molar refractivity (Wildman–Crippen MR) is 142 cm³/mol. The second kappa shape index (κ2) is 10.0. The highest BCUT2D eigenvalue weighted by molar-refractivity contribution is 5.89. The predicted octanol–water partition coefficient (Wildman–Crippen LogP) is 4.70. The van der Waals surface area contributed by atoms with Crippen molar-refractivity contribution in [2.75, 3.05) is 26.2 Å². The van der Waals surface area contributed by atoms with E-state index in [1.807, 2.05) is 35.2 Å². The molecule has 39 heavy (non-hydrogen) atoms. The number of carbonyl (C=O) groups is 2. The molecule has 2 fully saturated rings. The summed E-state index contributed by atoms with van der Waals surface area (Å²) < 4.78 is 40.3. The van der Waals surface area contributed by atoms with Crippen LogP contribution in [0.15, 0.2) is 48.5 Å². The van der Waals surface area contributed by atoms with Gasteiger partial charge in [-0.1, -0.05) is 37.3 Å². The normalized spacial score (nSPS) is 25.7. The lowest BCUT2D eigenvalue weighted by Gasteiger charge is -2.45. The number of hydrogen-bond donors (Lipinski definition) is 2. The molecule has 0 saturated carbocycles. The summed E-state index contributed by atoms with van der Waals surface area (Å²) >= 11 is 0. The Labute approximate surface area is 225 Å². The van der Waals surface area contributed by atoms with E-state index in [-0.39, 0.29) is 30.1 Å². The summed E-state index contributed by atoms with van der Waals surface area (Å²) in [5, 5.41) is 3.54. The van der Waals surface area contributed by atoms with E-state index in [1.54, 1.807) is 0 Å². The van der Waals surface area contributed by atoms with E-state index in [1.165, 1.54) is 12.1 Å². The SMILES string of the molecule is C[C@H]1c2c([nH]c3ccc(C(F)(F)F)cc23)CC2CCN(C(=O)CC3C(=O)NCCN3Cc3ccccc3)CC21. The fraction of sp³-hybridized carbons (Fsp3) is 0.467. The molecule has 2 aliphatic heterocycles. The first-order chi connectivity index (χ1) is 18.7. The minimum atomic E-state index is -4.40. The van der Waals surface area contributed by atoms with Crippen LogP contribution >= 0.6 is 0 Å². The van der Waals surface area contributed by atoms with Gasteiger partial charge in [0, 0.05) is 49.3 Å². The van der Waals surface area contributed by atoms with Crippen LogP contribution in [0.2, 0.25) is 0 Å². The van der Waals surface area contributed by atoms with Gasteiger partial charge in [-0.25, -0.2) is 0 Å². The standard InChI is InChI=1S/C30H33F3N4O2/c1-18-23-17-37(27(38)15-26-29(39)34-10-12-36(26)16-19-5-3-2-4-6-19)11-9-20(23)13-25-28(18)22-14-21(30(31,32)33)7-8-24(22)35-25/h2-8,14,18,20,23,26,35H,9-13,15-17H2,1H3,(H,34,39)/t18-,20?,23?,26?/m1/s1. The molecule has 2 N–H and O–H groups in total. The number of likely N-dealkylation sites (tertiary alicyclic amines) is 1. The quantitative estimate of drug-likeness (QED) is 0.506. The summed E-state index contributed by atoms with van der Waals surface area (Å²) in [6.45, 7) is 5.12. The van der Waals surface area contributed by atoms with E-state index < -0.39 is 17.8 Å². The third-order valence-electron chi connectivity index (χ3n) is 9.01. The van der Waals surface area contributed by atoms with Gasteiger partial charge in [0.1, 0.15) is 0 Å². The van der Waals surface area contributed by atoms with Crippen molar-refractivity contribution in [3.05, 3.63) is 70.9 Å². The van der Waals surface area contributed by atoms with Gasteiger partial charge >= 0.3 is 6.18 Å². The average molecular weight is 539 g/mol. The number of benzene rings is 2. The van der Waals surface area contributed by atoms with Crippen LogP contribution in [-0.2, 0) is 28.7 Å². The van der Waals surface area contributed by atoms with Crippen molar-refractivity contribution in [2.45, 2.75) is 50.9 Å². The van der Waals surface area contributed by atoms with Crippen molar-refractivity contribution >= 4 is 22.7 Å². The van der Waals surface area contributed by atoms with Crippen molar-refractivity contribution in [2.24, 2.45) is 11.8 Å². The molecule has 0 radical (unpaired) electrons. The Bertz CT molecular complexity index is 1390. The Morgan fingerprint density at radius 2 is 1.90 bits per heavy atom. The molecule has 0 bridgehead atoms. The van der Waals surface area contributed by atoms with Gasteiger partial charge in [-0.2, -0.15) is 13.2 Å². The Morgan fingerprint density at radius 1 is 1.10 bits per heavy atom. The molecule has 2 saturated heterocycles. The van der Waals surface area contributed by atoms with Crippen molar-refractivity contribution < 1.29 is 22.8 Å². The number of amides is 2. The van der Waals surface area contributed by atoms with E-state index >= 15 is 0 Å². The average Bonchev–Trinajstić information content (AvgIpc) is 3.28. The summed E-state index contributed by atoms with van der Waals surface area (Å²) in [5.74, 6) is 0.378. The monoisotopic (exact) mass is 538 g/mol. The van der Waals surface area contributed by atoms with Gasteiger partial charge in [-0.15, -0.1) is 0 Å². The topological polar surface area (TPSA) is 68.4 Å². The number of hydrogen-bond acceptors (Lipinski definition) is 3. The molecule has 3 aliphatic rings. The zero-order valence-electron chi connectivity index (χ0n) is 21.9. The molecule has 1 aromatic heterocycles. The van der Waals surface area contributed by atoms with Crippen LogP contribution in [-0.4, -0.2) is 58.8 Å². The highest BCUT2D eigenvalue weighted by Crippen LogP contribution is 2.47. The number of aromatic amines is 1. The molecule has 3 heterocycles. The molecule has 206 valence electrons. The molecular weight excluding hydrogens is 505 g/mol. The summed E-state index contributed by atoms with van der Waals surface area (Å²) in [6, 6.07) is 13.3. The molecule has 2 aromatic carbocycles. The number of piperidine rings is 1. The van der Waals surface area contributed by atoms with Gasteiger partial charge in [0.15, 0.2) is 0 Å². The number of rotatable bonds is 4. The molecule has 9 heteroatoms. The number of alkyl halides is 3. The molecule has 4 atom stereocenters. The lowest BCUT2D eigenvalue weighted by atomic mass is 9.68. The smallest absolute Gasteiger partial charge is 0.358 e. The van der Waals surface area contributed by atoms with Gasteiger partial charge in [-0.3, -0.25) is 14.5 Å². The summed E-state index contributed by atoms with van der Waals surface area (Å²) in [5.41, 5.74) is 3.16. The van der Waals surface area contributed by atoms with E-state index in [0.29, 0.717) is 44.0 Å². The van der Waals surface area contributed by atoms with Crippen LogP contribution in [0, 0.1) is 11.8 Å². The van der Waals surface area contributed by atoms with Gasteiger partial charge in [0.05, 0.1) is 18.0 Å². The molecule has 0 spiro atoms. The Kier molecular flexibility index (Phi) is 6.65. The summed E-state index contributed by atoms with van der Waals surface area (Å²) in [7, 11) is 0. The van der Waals surface area contributed by atoms with Crippen molar-refractivity contribution in [1.29, 1.82) is 0 Å². The Hall–Kier alpha value is -3.33. The maximum Gasteiger partial charge on any atom is 0.416 e. The number of halogens is 3. The fourth-order valence-corrected chi connectivity index (χ4v) is 6.96.